The van der Waals surface area contributed by atoms with Crippen molar-refractivity contribution in [3.63, 3.8) is 0 Å². The molecule has 6 nitrogen and oxygen atoms in total. The van der Waals surface area contributed by atoms with Gasteiger partial charge in [-0.3, -0.25) is 9.89 Å². The van der Waals surface area contributed by atoms with Crippen molar-refractivity contribution in [1.29, 1.82) is 0 Å². The van der Waals surface area contributed by atoms with Gasteiger partial charge in [0.05, 0.1) is 19.2 Å². The number of aromatic nitrogens is 3. The maximum Gasteiger partial charge on any atom is 0.224 e. The number of carbonyl (C=O) groups is 1. The number of ether oxygens (including phenoxy) is 1. The van der Waals surface area contributed by atoms with E-state index in [2.05, 4.69) is 20.5 Å². The standard InChI is InChI=1S/C23H23ClN4O2/c1-14-19(23(28-27-14)15-3-5-17(24)6-4-15)12-22(29)25-10-9-16-13-26-21-8-7-18(30-2)11-20(16)21/h3-8,11,13,26H,9-10,12H2,1-2H3,(H,25,29)(H,27,28). The van der Waals surface area contributed by atoms with Crippen molar-refractivity contribution in [2.75, 3.05) is 13.7 Å². The van der Waals surface area contributed by atoms with Gasteiger partial charge in [0.1, 0.15) is 5.75 Å². The van der Waals surface area contributed by atoms with Gasteiger partial charge in [-0.15, -0.1) is 0 Å². The Morgan fingerprint density at radius 3 is 2.77 bits per heavy atom. The summed E-state index contributed by atoms with van der Waals surface area (Å²) in [4.78, 5) is 15.9. The van der Waals surface area contributed by atoms with Crippen LogP contribution in [0.15, 0.2) is 48.7 Å². The Labute approximate surface area is 179 Å². The Morgan fingerprint density at radius 2 is 2.00 bits per heavy atom. The molecule has 0 aliphatic carbocycles. The van der Waals surface area contributed by atoms with Gasteiger partial charge in [0.25, 0.3) is 0 Å². The molecule has 0 radical (unpaired) electrons. The van der Waals surface area contributed by atoms with Gasteiger partial charge in [0, 0.05) is 45.5 Å². The fourth-order valence-corrected chi connectivity index (χ4v) is 3.69. The summed E-state index contributed by atoms with van der Waals surface area (Å²) in [6.07, 6.45) is 2.98. The monoisotopic (exact) mass is 422 g/mol. The van der Waals surface area contributed by atoms with Crippen molar-refractivity contribution in [1.82, 2.24) is 20.5 Å². The molecule has 0 aliphatic rings. The zero-order valence-corrected chi connectivity index (χ0v) is 17.6. The van der Waals surface area contributed by atoms with Crippen LogP contribution in [0.2, 0.25) is 5.02 Å². The molecule has 0 saturated heterocycles. The van der Waals surface area contributed by atoms with Crippen molar-refractivity contribution in [2.45, 2.75) is 19.8 Å². The van der Waals surface area contributed by atoms with E-state index in [1.54, 1.807) is 7.11 Å². The maximum absolute atomic E-state index is 12.6. The highest BCUT2D eigenvalue weighted by molar-refractivity contribution is 6.30. The minimum Gasteiger partial charge on any atom is -0.497 e. The van der Waals surface area contributed by atoms with Gasteiger partial charge in [0.2, 0.25) is 5.91 Å². The molecule has 2 heterocycles. The minimum atomic E-state index is -0.0351. The van der Waals surface area contributed by atoms with Crippen molar-refractivity contribution < 1.29 is 9.53 Å². The van der Waals surface area contributed by atoms with E-state index in [-0.39, 0.29) is 12.3 Å². The number of amides is 1. The van der Waals surface area contributed by atoms with E-state index in [0.29, 0.717) is 11.6 Å². The number of rotatable bonds is 7. The van der Waals surface area contributed by atoms with Crippen LogP contribution in [-0.4, -0.2) is 34.7 Å². The number of aromatic amines is 2. The predicted octanol–water partition coefficient (Wildman–Crippen LogP) is 4.43. The molecule has 30 heavy (non-hydrogen) atoms. The average molecular weight is 423 g/mol. The van der Waals surface area contributed by atoms with E-state index >= 15 is 0 Å². The third kappa shape index (κ3) is 4.19. The second-order valence-corrected chi connectivity index (χ2v) is 7.62. The number of H-pyrrole nitrogens is 2. The summed E-state index contributed by atoms with van der Waals surface area (Å²) in [5, 5.41) is 12.2. The number of halogens is 1. The average Bonchev–Trinajstić information content (AvgIpc) is 3.32. The number of carbonyl (C=O) groups excluding carboxylic acids is 1. The highest BCUT2D eigenvalue weighted by Crippen LogP contribution is 2.26. The molecule has 0 aliphatic heterocycles. The van der Waals surface area contributed by atoms with Crippen molar-refractivity contribution in [3.8, 4) is 17.0 Å². The first kappa shape index (κ1) is 20.0. The molecule has 0 bridgehead atoms. The van der Waals surface area contributed by atoms with Crippen LogP contribution in [0.4, 0.5) is 0 Å². The molecule has 0 spiro atoms. The van der Waals surface area contributed by atoms with Crippen LogP contribution in [0, 0.1) is 6.92 Å². The fourth-order valence-electron chi connectivity index (χ4n) is 3.57. The first-order valence-corrected chi connectivity index (χ1v) is 10.1. The summed E-state index contributed by atoms with van der Waals surface area (Å²) in [5.41, 5.74) is 5.69. The van der Waals surface area contributed by atoms with Gasteiger partial charge < -0.3 is 15.0 Å². The zero-order valence-electron chi connectivity index (χ0n) is 16.9. The van der Waals surface area contributed by atoms with E-state index in [9.17, 15) is 4.79 Å². The number of hydrogen-bond donors (Lipinski definition) is 3. The van der Waals surface area contributed by atoms with Crippen molar-refractivity contribution in [3.05, 3.63) is 70.5 Å². The van der Waals surface area contributed by atoms with Crippen LogP contribution in [0.5, 0.6) is 5.75 Å². The highest BCUT2D eigenvalue weighted by atomic mass is 35.5. The summed E-state index contributed by atoms with van der Waals surface area (Å²) >= 11 is 5.98. The quantitative estimate of drug-likeness (QED) is 0.412. The molecule has 1 amide bonds. The third-order valence-corrected chi connectivity index (χ3v) is 5.47. The van der Waals surface area contributed by atoms with Gasteiger partial charge in [-0.05, 0) is 49.2 Å². The van der Waals surface area contributed by atoms with E-state index in [4.69, 9.17) is 16.3 Å². The van der Waals surface area contributed by atoms with Crippen LogP contribution in [0.25, 0.3) is 22.2 Å². The molecule has 4 rings (SSSR count). The molecule has 0 atom stereocenters. The largest absolute Gasteiger partial charge is 0.497 e. The van der Waals surface area contributed by atoms with Crippen LogP contribution in [0.1, 0.15) is 16.8 Å². The summed E-state index contributed by atoms with van der Waals surface area (Å²) in [5.74, 6) is 0.782. The third-order valence-electron chi connectivity index (χ3n) is 5.22. The zero-order chi connectivity index (χ0) is 21.1. The number of fused-ring (bicyclic) bond motifs is 1. The molecular weight excluding hydrogens is 400 g/mol. The topological polar surface area (TPSA) is 82.8 Å². The summed E-state index contributed by atoms with van der Waals surface area (Å²) in [6, 6.07) is 13.4. The number of aryl methyl sites for hydroxylation is 1. The molecular formula is C23H23ClN4O2. The Kier molecular flexibility index (Phi) is 5.77. The molecule has 2 aromatic carbocycles. The maximum atomic E-state index is 12.6. The molecule has 0 fully saturated rings. The second-order valence-electron chi connectivity index (χ2n) is 7.18. The first-order chi connectivity index (χ1) is 14.5. The lowest BCUT2D eigenvalue weighted by Crippen LogP contribution is -2.27. The van der Waals surface area contributed by atoms with Crippen LogP contribution < -0.4 is 10.1 Å². The highest BCUT2D eigenvalue weighted by Gasteiger charge is 2.16. The van der Waals surface area contributed by atoms with Gasteiger partial charge in [0.15, 0.2) is 0 Å². The van der Waals surface area contributed by atoms with E-state index < -0.39 is 0 Å². The van der Waals surface area contributed by atoms with Crippen molar-refractivity contribution >= 4 is 28.4 Å². The molecule has 0 unspecified atom stereocenters. The molecule has 0 saturated carbocycles. The van der Waals surface area contributed by atoms with Gasteiger partial charge in [-0.2, -0.15) is 5.10 Å². The van der Waals surface area contributed by atoms with Crippen LogP contribution >= 0.6 is 11.6 Å². The summed E-state index contributed by atoms with van der Waals surface area (Å²) in [7, 11) is 1.66. The number of hydrogen-bond acceptors (Lipinski definition) is 3. The van der Waals surface area contributed by atoms with E-state index in [1.165, 1.54) is 0 Å². The summed E-state index contributed by atoms with van der Waals surface area (Å²) in [6.45, 7) is 2.48. The molecule has 154 valence electrons. The lowest BCUT2D eigenvalue weighted by Gasteiger charge is -2.07. The Bertz CT molecular complexity index is 1180. The van der Waals surface area contributed by atoms with Crippen LogP contribution in [0.3, 0.4) is 0 Å². The Balaban J connectivity index is 1.40. The molecule has 7 heteroatoms. The SMILES string of the molecule is COc1ccc2[nH]cc(CCNC(=O)Cc3c(-c4ccc(Cl)cc4)n[nH]c3C)c2c1. The first-order valence-electron chi connectivity index (χ1n) is 9.75. The lowest BCUT2D eigenvalue weighted by atomic mass is 10.0. The van der Waals surface area contributed by atoms with Gasteiger partial charge >= 0.3 is 0 Å². The van der Waals surface area contributed by atoms with Crippen LogP contribution in [-0.2, 0) is 17.6 Å². The number of methoxy groups -OCH3 is 1. The molecule has 2 aromatic heterocycles. The molecule has 4 aromatic rings. The lowest BCUT2D eigenvalue weighted by molar-refractivity contribution is -0.120. The predicted molar refractivity (Wildman–Crippen MR) is 119 cm³/mol. The number of benzene rings is 2. The molecule has 3 N–H and O–H groups in total. The number of nitrogens with zero attached hydrogens (tertiary/aromatic N) is 1. The Morgan fingerprint density at radius 1 is 1.20 bits per heavy atom. The second kappa shape index (κ2) is 8.63. The van der Waals surface area contributed by atoms with Gasteiger partial charge in [-0.1, -0.05) is 23.7 Å². The fraction of sp³-hybridized carbons (Fsp3) is 0.217. The van der Waals surface area contributed by atoms with E-state index in [1.807, 2.05) is 55.6 Å². The van der Waals surface area contributed by atoms with Gasteiger partial charge in [-0.25, -0.2) is 0 Å². The number of nitrogens with one attached hydrogen (secondary N) is 3. The minimum absolute atomic E-state index is 0.0351. The smallest absolute Gasteiger partial charge is 0.224 e. The van der Waals surface area contributed by atoms with E-state index in [0.717, 1.165) is 51.2 Å². The summed E-state index contributed by atoms with van der Waals surface area (Å²) < 4.78 is 5.31. The van der Waals surface area contributed by atoms with Crippen molar-refractivity contribution in [2.24, 2.45) is 0 Å². The normalized spacial score (nSPS) is 11.0. The Hall–Kier alpha value is -3.25.